The molecule has 0 radical (unpaired) electrons. The lowest BCUT2D eigenvalue weighted by molar-refractivity contribution is -0.384. The predicted molar refractivity (Wildman–Crippen MR) is 124 cm³/mol. The number of carbonyl (C=O) groups is 1. The smallest absolute Gasteiger partial charge is 0.269 e. The van der Waals surface area contributed by atoms with Gasteiger partial charge >= 0.3 is 0 Å². The van der Waals surface area contributed by atoms with Crippen molar-refractivity contribution in [2.75, 3.05) is 0 Å². The highest BCUT2D eigenvalue weighted by Gasteiger charge is 2.11. The second-order valence-electron chi connectivity index (χ2n) is 7.49. The summed E-state index contributed by atoms with van der Waals surface area (Å²) in [4.78, 5) is 27.3. The highest BCUT2D eigenvalue weighted by Crippen LogP contribution is 2.18. The Morgan fingerprint density at radius 3 is 2.50 bits per heavy atom. The summed E-state index contributed by atoms with van der Waals surface area (Å²) >= 11 is 0. The van der Waals surface area contributed by atoms with Gasteiger partial charge in [0.1, 0.15) is 5.82 Å². The molecule has 32 heavy (non-hydrogen) atoms. The Labute approximate surface area is 185 Å². The van der Waals surface area contributed by atoms with Gasteiger partial charge in [-0.2, -0.15) is 0 Å². The maximum Gasteiger partial charge on any atom is 0.269 e. The fourth-order valence-electron chi connectivity index (χ4n) is 3.42. The number of non-ortho nitro benzene ring substituents is 1. The van der Waals surface area contributed by atoms with Gasteiger partial charge in [-0.1, -0.05) is 42.0 Å². The molecule has 0 aliphatic carbocycles. The number of hydrogen-bond acceptors (Lipinski definition) is 4. The van der Waals surface area contributed by atoms with Gasteiger partial charge in [0.05, 0.1) is 22.5 Å². The first-order valence-corrected chi connectivity index (χ1v) is 10.2. The molecule has 0 saturated carbocycles. The van der Waals surface area contributed by atoms with Crippen molar-refractivity contribution in [3.63, 3.8) is 0 Å². The number of aryl methyl sites for hydroxylation is 1. The van der Waals surface area contributed by atoms with Crippen LogP contribution in [0, 0.1) is 17.0 Å². The van der Waals surface area contributed by atoms with E-state index in [-0.39, 0.29) is 18.1 Å². The number of nitrogens with one attached hydrogen (secondary N) is 1. The number of nitro benzene ring substituents is 1. The van der Waals surface area contributed by atoms with Gasteiger partial charge in [-0.25, -0.2) is 4.98 Å². The van der Waals surface area contributed by atoms with Crippen LogP contribution in [0.4, 0.5) is 5.69 Å². The normalized spacial score (nSPS) is 11.2. The molecule has 1 aromatic heterocycles. The molecule has 4 rings (SSSR count). The standard InChI is InChI=1S/C25H22N4O3/c1-18-6-8-20(9-7-18)17-28-23-5-3-2-4-22(23)27-24(28)16-26-25(30)15-12-19-10-13-21(14-11-19)29(31)32/h2-15H,16-17H2,1H3,(H,26,30)/b15-12+. The van der Waals surface area contributed by atoms with Crippen LogP contribution < -0.4 is 5.32 Å². The lowest BCUT2D eigenvalue weighted by Crippen LogP contribution is -2.23. The minimum Gasteiger partial charge on any atom is -0.345 e. The van der Waals surface area contributed by atoms with Crippen molar-refractivity contribution in [1.29, 1.82) is 0 Å². The average Bonchev–Trinajstić information content (AvgIpc) is 3.15. The molecule has 0 spiro atoms. The summed E-state index contributed by atoms with van der Waals surface area (Å²) in [6, 6.07) is 22.3. The van der Waals surface area contributed by atoms with Crippen LogP contribution in [0.1, 0.15) is 22.5 Å². The Hall–Kier alpha value is -4.26. The third-order valence-electron chi connectivity index (χ3n) is 5.15. The maximum absolute atomic E-state index is 12.3. The number of rotatable bonds is 7. The van der Waals surface area contributed by atoms with Crippen LogP contribution in [0.15, 0.2) is 78.9 Å². The molecule has 0 bridgehead atoms. The van der Waals surface area contributed by atoms with E-state index in [4.69, 9.17) is 4.98 Å². The third kappa shape index (κ3) is 4.89. The molecular weight excluding hydrogens is 404 g/mol. The lowest BCUT2D eigenvalue weighted by atomic mass is 10.1. The van der Waals surface area contributed by atoms with E-state index >= 15 is 0 Å². The fourth-order valence-corrected chi connectivity index (χ4v) is 3.42. The van der Waals surface area contributed by atoms with Gasteiger partial charge in [-0.05, 0) is 48.4 Å². The summed E-state index contributed by atoms with van der Waals surface area (Å²) in [5, 5.41) is 13.6. The molecule has 1 amide bonds. The van der Waals surface area contributed by atoms with E-state index in [2.05, 4.69) is 41.1 Å². The Morgan fingerprint density at radius 1 is 1.06 bits per heavy atom. The van der Waals surface area contributed by atoms with Crippen molar-refractivity contribution < 1.29 is 9.72 Å². The summed E-state index contributed by atoms with van der Waals surface area (Å²) in [6.07, 6.45) is 3.03. The van der Waals surface area contributed by atoms with Crippen LogP contribution in [-0.4, -0.2) is 20.4 Å². The number of fused-ring (bicyclic) bond motifs is 1. The number of hydrogen-bond donors (Lipinski definition) is 1. The molecule has 0 fully saturated rings. The highest BCUT2D eigenvalue weighted by molar-refractivity contribution is 5.91. The Bertz CT molecular complexity index is 1290. The first-order chi connectivity index (χ1) is 15.5. The summed E-state index contributed by atoms with van der Waals surface area (Å²) in [6.45, 7) is 3.00. The van der Waals surface area contributed by atoms with Crippen molar-refractivity contribution in [2.45, 2.75) is 20.0 Å². The molecule has 0 aliphatic rings. The van der Waals surface area contributed by atoms with Crippen molar-refractivity contribution >= 4 is 28.7 Å². The van der Waals surface area contributed by atoms with Gasteiger partial charge in [-0.3, -0.25) is 14.9 Å². The molecule has 1 heterocycles. The van der Waals surface area contributed by atoms with Gasteiger partial charge in [0.25, 0.3) is 5.69 Å². The summed E-state index contributed by atoms with van der Waals surface area (Å²) < 4.78 is 2.11. The SMILES string of the molecule is Cc1ccc(Cn2c(CNC(=O)/C=C/c3ccc([N+](=O)[O-])cc3)nc3ccccc32)cc1. The molecule has 7 nitrogen and oxygen atoms in total. The van der Waals surface area contributed by atoms with E-state index in [0.717, 1.165) is 22.4 Å². The Balaban J connectivity index is 1.48. The highest BCUT2D eigenvalue weighted by atomic mass is 16.6. The van der Waals surface area contributed by atoms with Crippen molar-refractivity contribution in [3.8, 4) is 0 Å². The maximum atomic E-state index is 12.3. The van der Waals surface area contributed by atoms with Crippen molar-refractivity contribution in [2.24, 2.45) is 0 Å². The number of nitrogens with zero attached hydrogens (tertiary/aromatic N) is 3. The van der Waals surface area contributed by atoms with E-state index in [1.807, 2.05) is 24.3 Å². The minimum atomic E-state index is -0.455. The van der Waals surface area contributed by atoms with Crippen molar-refractivity contribution in [3.05, 3.63) is 112 Å². The fraction of sp³-hybridized carbons (Fsp3) is 0.120. The molecule has 0 aliphatic heterocycles. The van der Waals surface area contributed by atoms with Crippen LogP contribution in [0.5, 0.6) is 0 Å². The zero-order chi connectivity index (χ0) is 22.5. The molecule has 0 atom stereocenters. The number of carbonyl (C=O) groups excluding carboxylic acids is 1. The monoisotopic (exact) mass is 426 g/mol. The summed E-state index contributed by atoms with van der Waals surface area (Å²) in [7, 11) is 0. The molecule has 0 unspecified atom stereocenters. The van der Waals surface area contributed by atoms with Gasteiger partial charge < -0.3 is 9.88 Å². The lowest BCUT2D eigenvalue weighted by Gasteiger charge is -2.10. The van der Waals surface area contributed by atoms with E-state index in [0.29, 0.717) is 12.1 Å². The zero-order valence-corrected chi connectivity index (χ0v) is 17.6. The van der Waals surface area contributed by atoms with Crippen LogP contribution in [0.25, 0.3) is 17.1 Å². The number of imidazole rings is 1. The molecule has 3 aromatic carbocycles. The van der Waals surface area contributed by atoms with E-state index < -0.39 is 4.92 Å². The first kappa shape index (κ1) is 21.0. The summed E-state index contributed by atoms with van der Waals surface area (Å²) in [5.74, 6) is 0.501. The second kappa shape index (κ2) is 9.26. The topological polar surface area (TPSA) is 90.1 Å². The van der Waals surface area contributed by atoms with Gasteiger partial charge in [0.15, 0.2) is 0 Å². The van der Waals surface area contributed by atoms with Crippen LogP contribution >= 0.6 is 0 Å². The molecule has 7 heteroatoms. The molecular formula is C25H22N4O3. The number of aromatic nitrogens is 2. The quantitative estimate of drug-likeness (QED) is 0.265. The average molecular weight is 426 g/mol. The predicted octanol–water partition coefficient (Wildman–Crippen LogP) is 4.63. The second-order valence-corrected chi connectivity index (χ2v) is 7.49. The molecule has 0 saturated heterocycles. The summed E-state index contributed by atoms with van der Waals surface area (Å²) in [5.41, 5.74) is 4.97. The van der Waals surface area contributed by atoms with Crippen molar-refractivity contribution in [1.82, 2.24) is 14.9 Å². The van der Waals surface area contributed by atoms with E-state index in [9.17, 15) is 14.9 Å². The number of para-hydroxylation sites is 2. The van der Waals surface area contributed by atoms with Gasteiger partial charge in [0, 0.05) is 24.8 Å². The molecule has 160 valence electrons. The number of nitro groups is 1. The van der Waals surface area contributed by atoms with Crippen LogP contribution in [-0.2, 0) is 17.9 Å². The molecule has 1 N–H and O–H groups in total. The Morgan fingerprint density at radius 2 is 1.78 bits per heavy atom. The van der Waals surface area contributed by atoms with E-state index in [1.165, 1.54) is 23.8 Å². The zero-order valence-electron chi connectivity index (χ0n) is 17.6. The largest absolute Gasteiger partial charge is 0.345 e. The first-order valence-electron chi connectivity index (χ1n) is 10.2. The van der Waals surface area contributed by atoms with E-state index in [1.54, 1.807) is 18.2 Å². The Kier molecular flexibility index (Phi) is 6.07. The molecule has 4 aromatic rings. The van der Waals surface area contributed by atoms with Gasteiger partial charge in [0.2, 0.25) is 5.91 Å². The minimum absolute atomic E-state index is 0.0130. The van der Waals surface area contributed by atoms with Gasteiger partial charge in [-0.15, -0.1) is 0 Å². The number of amides is 1. The third-order valence-corrected chi connectivity index (χ3v) is 5.15. The van der Waals surface area contributed by atoms with Crippen LogP contribution in [0.3, 0.4) is 0 Å². The van der Waals surface area contributed by atoms with Crippen LogP contribution in [0.2, 0.25) is 0 Å². The number of benzene rings is 3.